The second kappa shape index (κ2) is 68.5. The minimum Gasteiger partial charge on any atom is -0.462 e. The third kappa shape index (κ3) is 72.2. The van der Waals surface area contributed by atoms with Gasteiger partial charge in [0.05, 0.1) is 26.4 Å². The molecule has 0 fully saturated rings. The molecule has 0 saturated carbocycles. The van der Waals surface area contributed by atoms with Gasteiger partial charge in [-0.15, -0.1) is 0 Å². The normalized spacial score (nSPS) is 14.0. The Morgan fingerprint density at radius 3 is 0.701 bits per heavy atom. The summed E-state index contributed by atoms with van der Waals surface area (Å²) in [6.07, 6.45) is 55.7. The Morgan fingerprint density at radius 2 is 0.474 bits per heavy atom. The molecule has 0 radical (unpaired) electrons. The Morgan fingerprint density at radius 1 is 0.278 bits per heavy atom. The van der Waals surface area contributed by atoms with Gasteiger partial charge in [-0.05, 0) is 43.4 Å². The Bertz CT molecular complexity index is 1890. The van der Waals surface area contributed by atoms with E-state index in [4.69, 9.17) is 37.0 Å². The second-order valence-electron chi connectivity index (χ2n) is 29.5. The smallest absolute Gasteiger partial charge is 0.462 e. The van der Waals surface area contributed by atoms with Crippen LogP contribution in [0.1, 0.15) is 402 Å². The first kappa shape index (κ1) is 95.1. The van der Waals surface area contributed by atoms with Crippen LogP contribution in [0.2, 0.25) is 0 Å². The zero-order chi connectivity index (χ0) is 71.6. The number of phosphoric ester groups is 2. The topological polar surface area (TPSA) is 237 Å². The van der Waals surface area contributed by atoms with Crippen molar-refractivity contribution in [1.82, 2.24) is 0 Å². The molecule has 0 rings (SSSR count). The number of esters is 4. The number of unbranched alkanes of at least 4 members (excludes halogenated alkanes) is 44. The lowest BCUT2D eigenvalue weighted by Crippen LogP contribution is -2.30. The van der Waals surface area contributed by atoms with E-state index in [2.05, 4.69) is 48.5 Å². The van der Waals surface area contributed by atoms with Crippen molar-refractivity contribution >= 4 is 39.5 Å². The molecule has 0 saturated heterocycles. The Balaban J connectivity index is 5.20. The molecule has 97 heavy (non-hydrogen) atoms. The van der Waals surface area contributed by atoms with Crippen LogP contribution < -0.4 is 0 Å². The maximum absolute atomic E-state index is 13.1. The van der Waals surface area contributed by atoms with Crippen molar-refractivity contribution < 1.29 is 80.2 Å². The summed E-state index contributed by atoms with van der Waals surface area (Å²) in [7, 11) is -9.91. The van der Waals surface area contributed by atoms with Gasteiger partial charge in [-0.1, -0.05) is 350 Å². The van der Waals surface area contributed by atoms with E-state index >= 15 is 0 Å². The molecule has 19 heteroatoms. The van der Waals surface area contributed by atoms with Crippen LogP contribution in [0.4, 0.5) is 0 Å². The number of hydrogen-bond donors (Lipinski definition) is 3. The summed E-state index contributed by atoms with van der Waals surface area (Å²) in [4.78, 5) is 72.8. The van der Waals surface area contributed by atoms with Gasteiger partial charge >= 0.3 is 39.5 Å². The van der Waals surface area contributed by atoms with Gasteiger partial charge in [0.2, 0.25) is 0 Å². The van der Waals surface area contributed by atoms with Crippen LogP contribution in [-0.4, -0.2) is 96.7 Å². The van der Waals surface area contributed by atoms with Crippen molar-refractivity contribution in [1.29, 1.82) is 0 Å². The largest absolute Gasteiger partial charge is 0.472 e. The molecule has 0 heterocycles. The summed E-state index contributed by atoms with van der Waals surface area (Å²) in [6.45, 7) is 11.9. The van der Waals surface area contributed by atoms with Crippen LogP contribution in [-0.2, 0) is 65.4 Å². The van der Waals surface area contributed by atoms with Crippen LogP contribution in [0.3, 0.4) is 0 Å². The molecule has 0 aliphatic carbocycles. The first-order valence-electron chi connectivity index (χ1n) is 40.3. The maximum atomic E-state index is 13.1. The Labute approximate surface area is 594 Å². The van der Waals surface area contributed by atoms with Gasteiger partial charge < -0.3 is 33.8 Å². The third-order valence-corrected chi connectivity index (χ3v) is 20.0. The zero-order valence-corrected chi connectivity index (χ0v) is 65.3. The van der Waals surface area contributed by atoms with Gasteiger partial charge in [0.1, 0.15) is 19.3 Å². The molecule has 17 nitrogen and oxygen atoms in total. The molecule has 0 aromatic heterocycles. The molecule has 0 aliphatic heterocycles. The summed E-state index contributed by atoms with van der Waals surface area (Å²) in [5.74, 6) is 0.154. The van der Waals surface area contributed by atoms with Gasteiger partial charge in [0, 0.05) is 25.7 Å². The summed E-state index contributed by atoms with van der Waals surface area (Å²) in [6, 6.07) is 0. The van der Waals surface area contributed by atoms with Crippen molar-refractivity contribution in [2.75, 3.05) is 39.6 Å². The van der Waals surface area contributed by atoms with E-state index in [0.29, 0.717) is 31.6 Å². The molecule has 3 N–H and O–H groups in total. The highest BCUT2D eigenvalue weighted by molar-refractivity contribution is 7.47. The molecule has 576 valence electrons. The van der Waals surface area contributed by atoms with E-state index in [9.17, 15) is 43.2 Å². The van der Waals surface area contributed by atoms with Crippen molar-refractivity contribution in [3.05, 3.63) is 0 Å². The highest BCUT2D eigenvalue weighted by Crippen LogP contribution is 2.45. The van der Waals surface area contributed by atoms with Gasteiger partial charge in [-0.25, -0.2) is 9.13 Å². The summed E-state index contributed by atoms with van der Waals surface area (Å²) in [5.41, 5.74) is 0. The molecular formula is C78H152O17P2. The predicted octanol–water partition coefficient (Wildman–Crippen LogP) is 23.0. The first-order chi connectivity index (χ1) is 46.7. The lowest BCUT2D eigenvalue weighted by molar-refractivity contribution is -0.161. The molecule has 0 aromatic carbocycles. The highest BCUT2D eigenvalue weighted by Gasteiger charge is 2.30. The fourth-order valence-electron chi connectivity index (χ4n) is 12.0. The quantitative estimate of drug-likeness (QED) is 0.0222. The summed E-state index contributed by atoms with van der Waals surface area (Å²) < 4.78 is 68.5. The van der Waals surface area contributed by atoms with Gasteiger partial charge in [0.25, 0.3) is 0 Å². The number of ether oxygens (including phenoxy) is 4. The predicted molar refractivity (Wildman–Crippen MR) is 395 cm³/mol. The van der Waals surface area contributed by atoms with Gasteiger partial charge in [-0.2, -0.15) is 0 Å². The molecule has 0 aromatic rings. The fraction of sp³-hybridized carbons (Fsp3) is 0.949. The molecular weight excluding hydrogens is 1270 g/mol. The average Bonchev–Trinajstić information content (AvgIpc) is 1.56. The molecule has 0 bridgehead atoms. The van der Waals surface area contributed by atoms with Crippen molar-refractivity contribution in [2.24, 2.45) is 17.8 Å². The van der Waals surface area contributed by atoms with Crippen molar-refractivity contribution in [2.45, 2.75) is 420 Å². The minimum atomic E-state index is -4.96. The Kier molecular flexibility index (Phi) is 67.1. The van der Waals surface area contributed by atoms with Gasteiger partial charge in [-0.3, -0.25) is 37.3 Å². The van der Waals surface area contributed by atoms with E-state index < -0.39 is 97.5 Å². The highest BCUT2D eigenvalue weighted by atomic mass is 31.2. The number of rotatable bonds is 76. The third-order valence-electron chi connectivity index (χ3n) is 18.1. The number of carbonyl (C=O) groups excluding carboxylic acids is 4. The first-order valence-corrected chi connectivity index (χ1v) is 43.3. The molecule has 5 atom stereocenters. The van der Waals surface area contributed by atoms with Crippen LogP contribution in [0.25, 0.3) is 0 Å². The van der Waals surface area contributed by atoms with Crippen molar-refractivity contribution in [3.8, 4) is 0 Å². The Hall–Kier alpha value is -1.94. The zero-order valence-electron chi connectivity index (χ0n) is 63.5. The van der Waals surface area contributed by atoms with E-state index in [0.717, 1.165) is 108 Å². The average molecular weight is 1420 g/mol. The fourth-order valence-corrected chi connectivity index (χ4v) is 13.5. The number of hydrogen-bond acceptors (Lipinski definition) is 15. The number of aliphatic hydroxyl groups excluding tert-OH is 1. The number of phosphoric acid groups is 2. The minimum absolute atomic E-state index is 0.106. The lowest BCUT2D eigenvalue weighted by Gasteiger charge is -2.21. The SMILES string of the molecule is CCCCCCCCCCCCCCCC(=O)O[C@H](COC(=O)CCCCCCCCC(C)C)COP(=O)(O)OC[C@H](O)COP(=O)(O)OC[C@@H](COC(=O)CCCCCCCCCCCCCC(C)C)OC(=O)CCCCCCCCCCCCCCCCCCCCC(C)C. The summed E-state index contributed by atoms with van der Waals surface area (Å²) >= 11 is 0. The van der Waals surface area contributed by atoms with Gasteiger partial charge in [0.15, 0.2) is 12.2 Å². The molecule has 0 aliphatic rings. The van der Waals surface area contributed by atoms with Crippen LogP contribution in [0.15, 0.2) is 0 Å². The second-order valence-corrected chi connectivity index (χ2v) is 32.4. The lowest BCUT2D eigenvalue weighted by atomic mass is 10.0. The van der Waals surface area contributed by atoms with E-state index in [1.807, 2.05) is 0 Å². The van der Waals surface area contributed by atoms with Crippen LogP contribution in [0.5, 0.6) is 0 Å². The van der Waals surface area contributed by atoms with Crippen molar-refractivity contribution in [3.63, 3.8) is 0 Å². The molecule has 0 spiro atoms. The standard InChI is InChI=1S/C78H152O17P2/c1-8-9-10-11-12-13-14-21-27-33-38-47-54-61-78(83)95-74(66-89-76(81)60-53-46-41-40-44-51-58-71(6)7)68-93-97(86,87)91-64-72(79)63-90-96(84,85)92-67-73(65-88-75(80)59-52-45-37-32-29-24-26-31-36-43-50-57-70(4)5)94-77(82)62-55-48-39-34-28-23-20-18-16-15-17-19-22-25-30-35-42-49-56-69(2)3/h69-74,79H,8-68H2,1-7H3,(H,84,85)(H,86,87)/t72-,73-,74-/m1/s1. The monoisotopic (exact) mass is 1420 g/mol. The van der Waals surface area contributed by atoms with E-state index in [1.165, 1.54) is 205 Å². The van der Waals surface area contributed by atoms with Crippen LogP contribution >= 0.6 is 15.6 Å². The maximum Gasteiger partial charge on any atom is 0.472 e. The summed E-state index contributed by atoms with van der Waals surface area (Å²) in [5, 5.41) is 10.6. The van der Waals surface area contributed by atoms with E-state index in [-0.39, 0.29) is 25.7 Å². The molecule has 0 amide bonds. The number of aliphatic hydroxyl groups is 1. The molecule has 2 unspecified atom stereocenters. The number of carbonyl (C=O) groups is 4. The van der Waals surface area contributed by atoms with E-state index in [1.54, 1.807) is 0 Å². The van der Waals surface area contributed by atoms with Crippen LogP contribution in [0, 0.1) is 17.8 Å².